The number of thioether (sulfide) groups is 1. The average molecular weight is 485 g/mol. The van der Waals surface area contributed by atoms with Gasteiger partial charge in [0.25, 0.3) is 5.91 Å². The maximum absolute atomic E-state index is 12.8. The molecular formula is C25H25ClN2O4S. The summed E-state index contributed by atoms with van der Waals surface area (Å²) in [5.74, 6) is 0.785. The summed E-state index contributed by atoms with van der Waals surface area (Å²) >= 11 is 7.57. The van der Waals surface area contributed by atoms with Crippen LogP contribution >= 0.6 is 23.4 Å². The van der Waals surface area contributed by atoms with E-state index in [-0.39, 0.29) is 23.7 Å². The standard InChI is InChI=1S/C25H25ClN2O4S/c1-3-23(25(30)28-18-12-13-22(31-2)21(26)15-18)33-20-11-7-8-17(14-20)27-24(29)16-32-19-9-5-4-6-10-19/h4-15,23H,3,16H2,1-2H3,(H,27,29)(H,28,30). The van der Waals surface area contributed by atoms with Crippen molar-refractivity contribution in [2.75, 3.05) is 24.4 Å². The number of benzene rings is 3. The van der Waals surface area contributed by atoms with E-state index < -0.39 is 0 Å². The Morgan fingerprint density at radius 3 is 2.42 bits per heavy atom. The van der Waals surface area contributed by atoms with Crippen LogP contribution in [0.5, 0.6) is 11.5 Å². The summed E-state index contributed by atoms with van der Waals surface area (Å²) in [5.41, 5.74) is 1.24. The number of ether oxygens (including phenoxy) is 2. The first-order chi connectivity index (χ1) is 16.0. The fourth-order valence-electron chi connectivity index (χ4n) is 2.96. The van der Waals surface area contributed by atoms with E-state index in [1.165, 1.54) is 18.9 Å². The molecule has 1 atom stereocenters. The minimum absolute atomic E-state index is 0.0915. The van der Waals surface area contributed by atoms with E-state index in [0.29, 0.717) is 34.3 Å². The Morgan fingerprint density at radius 1 is 0.970 bits per heavy atom. The number of hydrogen-bond acceptors (Lipinski definition) is 5. The Bertz CT molecular complexity index is 1090. The summed E-state index contributed by atoms with van der Waals surface area (Å²) in [5, 5.41) is 5.83. The van der Waals surface area contributed by atoms with Crippen LogP contribution in [-0.2, 0) is 9.59 Å². The summed E-state index contributed by atoms with van der Waals surface area (Å²) in [6.45, 7) is 1.86. The molecule has 1 unspecified atom stereocenters. The predicted molar refractivity (Wildman–Crippen MR) is 134 cm³/mol. The van der Waals surface area contributed by atoms with E-state index in [2.05, 4.69) is 10.6 Å². The van der Waals surface area contributed by atoms with Gasteiger partial charge in [-0.25, -0.2) is 0 Å². The third-order valence-electron chi connectivity index (χ3n) is 4.59. The maximum Gasteiger partial charge on any atom is 0.262 e. The van der Waals surface area contributed by atoms with Crippen LogP contribution in [0.4, 0.5) is 11.4 Å². The number of para-hydroxylation sites is 1. The summed E-state index contributed by atoms with van der Waals surface area (Å²) in [6.07, 6.45) is 0.627. The molecule has 33 heavy (non-hydrogen) atoms. The van der Waals surface area contributed by atoms with Crippen LogP contribution in [0.15, 0.2) is 77.7 Å². The Balaban J connectivity index is 1.57. The number of amides is 2. The van der Waals surface area contributed by atoms with Crippen LogP contribution in [0.3, 0.4) is 0 Å². The smallest absolute Gasteiger partial charge is 0.262 e. The van der Waals surface area contributed by atoms with Gasteiger partial charge in [0.05, 0.1) is 17.4 Å². The number of anilines is 2. The molecule has 0 radical (unpaired) electrons. The van der Waals surface area contributed by atoms with Crippen LogP contribution in [0.25, 0.3) is 0 Å². The van der Waals surface area contributed by atoms with Crippen molar-refractivity contribution < 1.29 is 19.1 Å². The molecule has 0 saturated carbocycles. The van der Waals surface area contributed by atoms with Crippen molar-refractivity contribution in [1.29, 1.82) is 0 Å². The van der Waals surface area contributed by atoms with Crippen LogP contribution in [0, 0.1) is 0 Å². The molecule has 0 heterocycles. The highest BCUT2D eigenvalue weighted by Gasteiger charge is 2.19. The highest BCUT2D eigenvalue weighted by molar-refractivity contribution is 8.00. The molecule has 0 saturated heterocycles. The van der Waals surface area contributed by atoms with E-state index in [4.69, 9.17) is 21.1 Å². The number of methoxy groups -OCH3 is 1. The number of halogens is 1. The summed E-state index contributed by atoms with van der Waals surface area (Å²) in [4.78, 5) is 25.9. The summed E-state index contributed by atoms with van der Waals surface area (Å²) in [6, 6.07) is 21.6. The number of hydrogen-bond donors (Lipinski definition) is 2. The molecule has 3 aromatic rings. The van der Waals surface area contributed by atoms with Gasteiger partial charge in [-0.1, -0.05) is 42.8 Å². The SMILES string of the molecule is CCC(Sc1cccc(NC(=O)COc2ccccc2)c1)C(=O)Nc1ccc(OC)c(Cl)c1. The largest absolute Gasteiger partial charge is 0.495 e. The van der Waals surface area contributed by atoms with Gasteiger partial charge in [-0.15, -0.1) is 11.8 Å². The molecule has 0 aliphatic heterocycles. The minimum atomic E-state index is -0.321. The molecule has 0 aliphatic carbocycles. The van der Waals surface area contributed by atoms with Crippen molar-refractivity contribution in [3.8, 4) is 11.5 Å². The van der Waals surface area contributed by atoms with Crippen LogP contribution in [0.1, 0.15) is 13.3 Å². The molecule has 3 aromatic carbocycles. The molecule has 0 aliphatic rings. The zero-order valence-electron chi connectivity index (χ0n) is 18.3. The van der Waals surface area contributed by atoms with Crippen LogP contribution in [-0.4, -0.2) is 30.8 Å². The third kappa shape index (κ3) is 7.44. The van der Waals surface area contributed by atoms with Gasteiger partial charge in [0.15, 0.2) is 6.61 Å². The predicted octanol–water partition coefficient (Wildman–Crippen LogP) is 5.88. The van der Waals surface area contributed by atoms with E-state index in [0.717, 1.165) is 4.90 Å². The lowest BCUT2D eigenvalue weighted by molar-refractivity contribution is -0.118. The molecule has 8 heteroatoms. The normalized spacial score (nSPS) is 11.4. The Morgan fingerprint density at radius 2 is 1.73 bits per heavy atom. The van der Waals surface area contributed by atoms with Crippen LogP contribution in [0.2, 0.25) is 5.02 Å². The van der Waals surface area contributed by atoms with E-state index >= 15 is 0 Å². The Labute approximate surface area is 202 Å². The molecule has 3 rings (SSSR count). The van der Waals surface area contributed by atoms with Gasteiger partial charge in [0.2, 0.25) is 5.91 Å². The Hall–Kier alpha value is -3.16. The highest BCUT2D eigenvalue weighted by atomic mass is 35.5. The van der Waals surface area contributed by atoms with Gasteiger partial charge < -0.3 is 20.1 Å². The molecule has 0 bridgehead atoms. The second-order valence-electron chi connectivity index (χ2n) is 7.03. The first-order valence-electron chi connectivity index (χ1n) is 10.4. The fraction of sp³-hybridized carbons (Fsp3) is 0.200. The minimum Gasteiger partial charge on any atom is -0.495 e. The molecule has 6 nitrogen and oxygen atoms in total. The third-order valence-corrected chi connectivity index (χ3v) is 6.25. The molecule has 2 amide bonds. The lowest BCUT2D eigenvalue weighted by Crippen LogP contribution is -2.24. The molecule has 0 fully saturated rings. The van der Waals surface area contributed by atoms with Crippen molar-refractivity contribution in [3.05, 3.63) is 77.8 Å². The average Bonchev–Trinajstić information content (AvgIpc) is 2.82. The van der Waals surface area contributed by atoms with Crippen LogP contribution < -0.4 is 20.1 Å². The summed E-state index contributed by atoms with van der Waals surface area (Å²) < 4.78 is 10.6. The number of nitrogens with one attached hydrogen (secondary N) is 2. The lowest BCUT2D eigenvalue weighted by Gasteiger charge is -2.16. The van der Waals surface area contributed by atoms with Gasteiger partial charge in [0, 0.05) is 16.3 Å². The van der Waals surface area contributed by atoms with Gasteiger partial charge in [0.1, 0.15) is 11.5 Å². The summed E-state index contributed by atoms with van der Waals surface area (Å²) in [7, 11) is 1.54. The number of carbonyl (C=O) groups excluding carboxylic acids is 2. The quantitative estimate of drug-likeness (QED) is 0.352. The van der Waals surface area contributed by atoms with E-state index in [1.54, 1.807) is 36.4 Å². The fourth-order valence-corrected chi connectivity index (χ4v) is 4.23. The van der Waals surface area contributed by atoms with Crippen molar-refractivity contribution in [2.24, 2.45) is 0 Å². The van der Waals surface area contributed by atoms with E-state index in [9.17, 15) is 9.59 Å². The van der Waals surface area contributed by atoms with Gasteiger partial charge in [-0.2, -0.15) is 0 Å². The topological polar surface area (TPSA) is 76.7 Å². The zero-order chi connectivity index (χ0) is 23.6. The first kappa shape index (κ1) is 24.5. The van der Waals surface area contributed by atoms with Crippen molar-refractivity contribution in [1.82, 2.24) is 0 Å². The molecule has 2 N–H and O–H groups in total. The van der Waals surface area contributed by atoms with Gasteiger partial charge >= 0.3 is 0 Å². The van der Waals surface area contributed by atoms with Crippen molar-refractivity contribution in [2.45, 2.75) is 23.5 Å². The van der Waals surface area contributed by atoms with Crippen molar-refractivity contribution >= 4 is 46.6 Å². The number of carbonyl (C=O) groups is 2. The second-order valence-corrected chi connectivity index (χ2v) is 8.71. The van der Waals surface area contributed by atoms with Gasteiger partial charge in [-0.3, -0.25) is 9.59 Å². The molecule has 172 valence electrons. The molecule has 0 aromatic heterocycles. The van der Waals surface area contributed by atoms with Gasteiger partial charge in [-0.05, 0) is 55.0 Å². The zero-order valence-corrected chi connectivity index (χ0v) is 19.9. The maximum atomic E-state index is 12.8. The van der Waals surface area contributed by atoms with E-state index in [1.807, 2.05) is 43.3 Å². The number of rotatable bonds is 10. The van der Waals surface area contributed by atoms with Crippen molar-refractivity contribution in [3.63, 3.8) is 0 Å². The lowest BCUT2D eigenvalue weighted by atomic mass is 10.2. The monoisotopic (exact) mass is 484 g/mol. The molecule has 0 spiro atoms. The molecular weight excluding hydrogens is 460 g/mol. The highest BCUT2D eigenvalue weighted by Crippen LogP contribution is 2.30. The Kier molecular flexibility index (Phi) is 9.04. The second kappa shape index (κ2) is 12.2. The first-order valence-corrected chi connectivity index (χ1v) is 11.6.